The molecule has 0 fully saturated rings. The smallest absolute Gasteiger partial charge is 0.129 e. The van der Waals surface area contributed by atoms with Crippen molar-refractivity contribution in [2.75, 3.05) is 13.2 Å². The van der Waals surface area contributed by atoms with Gasteiger partial charge in [0.05, 0.1) is 0 Å². The van der Waals surface area contributed by atoms with Gasteiger partial charge in [-0.25, -0.2) is 4.98 Å². The third kappa shape index (κ3) is 5.75. The summed E-state index contributed by atoms with van der Waals surface area (Å²) in [5, 5.41) is 0.560. The van der Waals surface area contributed by atoms with Crippen LogP contribution in [0.5, 0.6) is 0 Å². The van der Waals surface area contributed by atoms with Crippen molar-refractivity contribution in [3.8, 4) is 0 Å². The topological polar surface area (TPSA) is 22.1 Å². The maximum absolute atomic E-state index is 5.70. The summed E-state index contributed by atoms with van der Waals surface area (Å²) in [5.74, 6) is 0. The van der Waals surface area contributed by atoms with Gasteiger partial charge in [0.25, 0.3) is 0 Å². The molecule has 0 aliphatic rings. The van der Waals surface area contributed by atoms with E-state index < -0.39 is 0 Å². The van der Waals surface area contributed by atoms with Crippen LogP contribution in [-0.4, -0.2) is 18.2 Å². The second-order valence-corrected chi connectivity index (χ2v) is 3.95. The number of pyridine rings is 1. The van der Waals surface area contributed by atoms with E-state index in [-0.39, 0.29) is 0 Å². The van der Waals surface area contributed by atoms with E-state index in [0.717, 1.165) is 38.9 Å². The van der Waals surface area contributed by atoms with Crippen LogP contribution in [0, 0.1) is 0 Å². The van der Waals surface area contributed by atoms with Gasteiger partial charge in [-0.1, -0.05) is 24.6 Å². The second kappa shape index (κ2) is 7.66. The van der Waals surface area contributed by atoms with Gasteiger partial charge in [0.15, 0.2) is 0 Å². The van der Waals surface area contributed by atoms with Gasteiger partial charge in [-0.15, -0.1) is 0 Å². The van der Waals surface area contributed by atoms with Crippen LogP contribution in [0.15, 0.2) is 18.3 Å². The van der Waals surface area contributed by atoms with Gasteiger partial charge in [-0.2, -0.15) is 0 Å². The summed E-state index contributed by atoms with van der Waals surface area (Å²) >= 11 is 5.70. The molecule has 0 aromatic carbocycles. The molecule has 1 rings (SSSR count). The minimum absolute atomic E-state index is 0.560. The number of hydrogen-bond donors (Lipinski definition) is 0. The monoisotopic (exact) mass is 227 g/mol. The maximum atomic E-state index is 5.70. The van der Waals surface area contributed by atoms with E-state index in [1.165, 1.54) is 5.56 Å². The fourth-order valence-electron chi connectivity index (χ4n) is 1.33. The van der Waals surface area contributed by atoms with E-state index in [2.05, 4.69) is 11.9 Å². The predicted molar refractivity (Wildman–Crippen MR) is 63.3 cm³/mol. The summed E-state index contributed by atoms with van der Waals surface area (Å²) in [6.07, 6.45) is 6.26. The van der Waals surface area contributed by atoms with Gasteiger partial charge in [-0.05, 0) is 37.3 Å². The summed E-state index contributed by atoms with van der Waals surface area (Å²) in [6.45, 7) is 3.87. The molecule has 0 atom stereocenters. The van der Waals surface area contributed by atoms with Crippen molar-refractivity contribution in [2.24, 2.45) is 0 Å². The summed E-state index contributed by atoms with van der Waals surface area (Å²) in [7, 11) is 0. The van der Waals surface area contributed by atoms with E-state index in [0.29, 0.717) is 5.15 Å². The quantitative estimate of drug-likeness (QED) is 0.526. The number of unbranched alkanes of at least 4 members (excludes halogenated alkanes) is 1. The molecule has 0 unspecified atom stereocenters. The highest BCUT2D eigenvalue weighted by Crippen LogP contribution is 2.08. The molecular weight excluding hydrogens is 210 g/mol. The number of nitrogens with zero attached hydrogens (tertiary/aromatic N) is 1. The molecule has 1 aromatic heterocycles. The number of rotatable bonds is 7. The van der Waals surface area contributed by atoms with Crippen molar-refractivity contribution in [2.45, 2.75) is 32.6 Å². The SMILES string of the molecule is CCCOCCCCc1ccc(Cl)nc1. The first-order chi connectivity index (χ1) is 7.33. The Hall–Kier alpha value is -0.600. The molecule has 0 saturated heterocycles. The standard InChI is InChI=1S/C12H18ClNO/c1-2-8-15-9-4-3-5-11-6-7-12(13)14-10-11/h6-7,10H,2-5,8-9H2,1H3. The minimum atomic E-state index is 0.560. The molecule has 84 valence electrons. The Morgan fingerprint density at radius 2 is 2.13 bits per heavy atom. The molecular formula is C12H18ClNO. The zero-order chi connectivity index (χ0) is 10.9. The highest BCUT2D eigenvalue weighted by Gasteiger charge is 1.94. The zero-order valence-corrected chi connectivity index (χ0v) is 9.96. The van der Waals surface area contributed by atoms with E-state index in [1.54, 1.807) is 0 Å². The van der Waals surface area contributed by atoms with Crippen LogP contribution >= 0.6 is 11.6 Å². The first kappa shape index (κ1) is 12.5. The Morgan fingerprint density at radius 1 is 1.27 bits per heavy atom. The van der Waals surface area contributed by atoms with Gasteiger partial charge in [-0.3, -0.25) is 0 Å². The molecule has 0 radical (unpaired) electrons. The van der Waals surface area contributed by atoms with Crippen LogP contribution in [0.4, 0.5) is 0 Å². The average molecular weight is 228 g/mol. The van der Waals surface area contributed by atoms with E-state index in [9.17, 15) is 0 Å². The van der Waals surface area contributed by atoms with Gasteiger partial charge in [0.2, 0.25) is 0 Å². The predicted octanol–water partition coefficient (Wildman–Crippen LogP) is 3.48. The van der Waals surface area contributed by atoms with Gasteiger partial charge in [0, 0.05) is 19.4 Å². The molecule has 0 aliphatic carbocycles. The van der Waals surface area contributed by atoms with Crippen molar-refractivity contribution < 1.29 is 4.74 Å². The molecule has 1 heterocycles. The van der Waals surface area contributed by atoms with Crippen molar-refractivity contribution in [3.63, 3.8) is 0 Å². The number of ether oxygens (including phenoxy) is 1. The Labute approximate surface area is 96.6 Å². The van der Waals surface area contributed by atoms with Gasteiger partial charge in [0.1, 0.15) is 5.15 Å². The lowest BCUT2D eigenvalue weighted by Crippen LogP contribution is -1.96. The summed E-state index contributed by atoms with van der Waals surface area (Å²) < 4.78 is 5.40. The van der Waals surface area contributed by atoms with Crippen LogP contribution in [0.25, 0.3) is 0 Å². The first-order valence-corrected chi connectivity index (χ1v) is 5.89. The van der Waals surface area contributed by atoms with Crippen LogP contribution in [0.1, 0.15) is 31.7 Å². The van der Waals surface area contributed by atoms with Crippen molar-refractivity contribution in [1.82, 2.24) is 4.98 Å². The van der Waals surface area contributed by atoms with E-state index in [1.807, 2.05) is 18.3 Å². The molecule has 2 nitrogen and oxygen atoms in total. The van der Waals surface area contributed by atoms with Crippen molar-refractivity contribution in [3.05, 3.63) is 29.0 Å². The third-order valence-electron chi connectivity index (χ3n) is 2.14. The minimum Gasteiger partial charge on any atom is -0.381 e. The highest BCUT2D eigenvalue weighted by molar-refractivity contribution is 6.29. The fraction of sp³-hybridized carbons (Fsp3) is 0.583. The molecule has 0 saturated carbocycles. The molecule has 3 heteroatoms. The lowest BCUT2D eigenvalue weighted by atomic mass is 10.1. The molecule has 0 bridgehead atoms. The molecule has 15 heavy (non-hydrogen) atoms. The molecule has 0 amide bonds. The van der Waals surface area contributed by atoms with Gasteiger partial charge >= 0.3 is 0 Å². The fourth-order valence-corrected chi connectivity index (χ4v) is 1.45. The first-order valence-electron chi connectivity index (χ1n) is 5.51. The Bertz CT molecular complexity index is 261. The number of aromatic nitrogens is 1. The summed E-state index contributed by atoms with van der Waals surface area (Å²) in [5.41, 5.74) is 1.25. The van der Waals surface area contributed by atoms with E-state index in [4.69, 9.17) is 16.3 Å². The molecule has 1 aromatic rings. The normalized spacial score (nSPS) is 10.5. The molecule has 0 spiro atoms. The number of halogens is 1. The Morgan fingerprint density at radius 3 is 2.80 bits per heavy atom. The Kier molecular flexibility index (Phi) is 6.37. The van der Waals surface area contributed by atoms with Crippen LogP contribution in [-0.2, 0) is 11.2 Å². The van der Waals surface area contributed by atoms with Crippen LogP contribution < -0.4 is 0 Å². The lowest BCUT2D eigenvalue weighted by Gasteiger charge is -2.02. The highest BCUT2D eigenvalue weighted by atomic mass is 35.5. The van der Waals surface area contributed by atoms with Gasteiger partial charge < -0.3 is 4.74 Å². The van der Waals surface area contributed by atoms with E-state index >= 15 is 0 Å². The second-order valence-electron chi connectivity index (χ2n) is 3.56. The van der Waals surface area contributed by atoms with Crippen molar-refractivity contribution >= 4 is 11.6 Å². The zero-order valence-electron chi connectivity index (χ0n) is 9.21. The van der Waals surface area contributed by atoms with Crippen LogP contribution in [0.2, 0.25) is 5.15 Å². The third-order valence-corrected chi connectivity index (χ3v) is 2.36. The number of aryl methyl sites for hydroxylation is 1. The maximum Gasteiger partial charge on any atom is 0.129 e. The van der Waals surface area contributed by atoms with Crippen LogP contribution in [0.3, 0.4) is 0 Å². The summed E-state index contributed by atoms with van der Waals surface area (Å²) in [4.78, 5) is 4.04. The molecule has 0 aliphatic heterocycles. The number of hydrogen-bond acceptors (Lipinski definition) is 2. The average Bonchev–Trinajstić information content (AvgIpc) is 2.26. The summed E-state index contributed by atoms with van der Waals surface area (Å²) in [6, 6.07) is 3.87. The van der Waals surface area contributed by atoms with Crippen molar-refractivity contribution in [1.29, 1.82) is 0 Å². The molecule has 0 N–H and O–H groups in total. The lowest BCUT2D eigenvalue weighted by molar-refractivity contribution is 0.131. The Balaban J connectivity index is 2.07. The largest absolute Gasteiger partial charge is 0.381 e.